The van der Waals surface area contributed by atoms with E-state index >= 15 is 0 Å². The van der Waals surface area contributed by atoms with Crippen LogP contribution in [0.5, 0.6) is 0 Å². The van der Waals surface area contributed by atoms with E-state index in [0.717, 1.165) is 12.8 Å². The van der Waals surface area contributed by atoms with Crippen molar-refractivity contribution in [2.45, 2.75) is 57.7 Å². The molecule has 0 aliphatic carbocycles. The molecular weight excluding hydrogens is 322 g/mol. The fourth-order valence-corrected chi connectivity index (χ4v) is 3.96. The second-order valence-electron chi connectivity index (χ2n) is 7.94. The minimum atomic E-state index is -0.675. The third-order valence-electron chi connectivity index (χ3n) is 4.42. The molecule has 3 heterocycles. The summed E-state index contributed by atoms with van der Waals surface area (Å²) in [7, 11) is 0. The lowest BCUT2D eigenvalue weighted by Crippen LogP contribution is -2.60. The maximum Gasteiger partial charge on any atom is 0.376 e. The fourth-order valence-electron chi connectivity index (χ4n) is 3.96. The van der Waals surface area contributed by atoms with Gasteiger partial charge in [0.05, 0.1) is 4.92 Å². The zero-order valence-corrected chi connectivity index (χ0v) is 14.9. The maximum absolute atomic E-state index is 12.5. The van der Waals surface area contributed by atoms with Crippen LogP contribution in [0.15, 0.2) is 29.2 Å². The molecule has 1 fully saturated rings. The van der Waals surface area contributed by atoms with E-state index in [4.69, 9.17) is 0 Å². The minimum Gasteiger partial charge on any atom is -0.361 e. The molecule has 0 saturated carbocycles. The van der Waals surface area contributed by atoms with Gasteiger partial charge in [-0.15, -0.1) is 0 Å². The number of nitrogens with zero attached hydrogens (tertiary/aromatic N) is 3. The molecule has 2 aromatic rings. The molecule has 1 saturated heterocycles. The Hall–Kier alpha value is -2.48. The summed E-state index contributed by atoms with van der Waals surface area (Å²) in [5.74, 6) is 0.0414. The van der Waals surface area contributed by atoms with Crippen LogP contribution in [0.4, 0.5) is 11.5 Å². The highest BCUT2D eigenvalue weighted by Gasteiger charge is 2.38. The predicted octanol–water partition coefficient (Wildman–Crippen LogP) is 2.32. The first-order valence-corrected chi connectivity index (χ1v) is 8.30. The van der Waals surface area contributed by atoms with Gasteiger partial charge in [0.2, 0.25) is 5.82 Å². The van der Waals surface area contributed by atoms with Gasteiger partial charge in [-0.05, 0) is 52.7 Å². The van der Waals surface area contributed by atoms with Crippen molar-refractivity contribution < 1.29 is 4.92 Å². The summed E-state index contributed by atoms with van der Waals surface area (Å²) in [5.41, 5.74) is -1.06. The Balaban J connectivity index is 2.05. The van der Waals surface area contributed by atoms with Gasteiger partial charge in [-0.2, -0.15) is 0 Å². The first kappa shape index (κ1) is 17.3. The SMILES string of the molecule is CC1(C)CC(Nc2nc3ccccn3c(=O)c2[N+](=O)[O-])CC(C)(C)N1. The molecule has 0 aromatic carbocycles. The standard InChI is InChI=1S/C17H23N5O3/c1-16(2)9-11(10-17(3,4)20-16)18-14-13(22(24)25)15(23)21-8-6-5-7-12(21)19-14/h5-8,11,18,20H,9-10H2,1-4H3. The van der Waals surface area contributed by atoms with Gasteiger partial charge in [-0.3, -0.25) is 19.3 Å². The van der Waals surface area contributed by atoms with Crippen molar-refractivity contribution in [3.8, 4) is 0 Å². The van der Waals surface area contributed by atoms with Gasteiger partial charge >= 0.3 is 11.2 Å². The Morgan fingerprint density at radius 2 is 1.92 bits per heavy atom. The predicted molar refractivity (Wildman–Crippen MR) is 96.1 cm³/mol. The third kappa shape index (κ3) is 3.48. The van der Waals surface area contributed by atoms with Crippen LogP contribution < -0.4 is 16.2 Å². The summed E-state index contributed by atoms with van der Waals surface area (Å²) in [6, 6.07) is 5.02. The van der Waals surface area contributed by atoms with Gasteiger partial charge in [0.15, 0.2) is 0 Å². The first-order valence-electron chi connectivity index (χ1n) is 8.30. The highest BCUT2D eigenvalue weighted by atomic mass is 16.6. The lowest BCUT2D eigenvalue weighted by molar-refractivity contribution is -0.385. The van der Waals surface area contributed by atoms with Crippen molar-refractivity contribution in [1.82, 2.24) is 14.7 Å². The second kappa shape index (κ2) is 5.80. The minimum absolute atomic E-state index is 0.0250. The normalized spacial score (nSPS) is 19.7. The van der Waals surface area contributed by atoms with Crippen LogP contribution in [-0.2, 0) is 0 Å². The number of nitrogens with one attached hydrogen (secondary N) is 2. The van der Waals surface area contributed by atoms with Crippen LogP contribution in [0.25, 0.3) is 5.65 Å². The van der Waals surface area contributed by atoms with Crippen molar-refractivity contribution in [1.29, 1.82) is 0 Å². The molecule has 1 aliphatic heterocycles. The summed E-state index contributed by atoms with van der Waals surface area (Å²) in [6.45, 7) is 8.39. The summed E-state index contributed by atoms with van der Waals surface area (Å²) in [4.78, 5) is 27.7. The molecule has 0 bridgehead atoms. The van der Waals surface area contributed by atoms with E-state index in [1.165, 1.54) is 10.6 Å². The Morgan fingerprint density at radius 3 is 2.52 bits per heavy atom. The van der Waals surface area contributed by atoms with Crippen molar-refractivity contribution in [2.24, 2.45) is 0 Å². The summed E-state index contributed by atoms with van der Waals surface area (Å²) >= 11 is 0. The molecule has 134 valence electrons. The summed E-state index contributed by atoms with van der Waals surface area (Å²) < 4.78 is 1.19. The number of fused-ring (bicyclic) bond motifs is 1. The van der Waals surface area contributed by atoms with Crippen LogP contribution in [0.2, 0.25) is 0 Å². The molecule has 2 aromatic heterocycles. The Morgan fingerprint density at radius 1 is 1.28 bits per heavy atom. The average Bonchev–Trinajstić information content (AvgIpc) is 2.43. The second-order valence-corrected chi connectivity index (χ2v) is 7.94. The molecule has 25 heavy (non-hydrogen) atoms. The molecule has 0 radical (unpaired) electrons. The Bertz CT molecular complexity index is 871. The number of rotatable bonds is 3. The molecule has 0 unspecified atom stereocenters. The van der Waals surface area contributed by atoms with E-state index in [9.17, 15) is 14.9 Å². The average molecular weight is 345 g/mol. The molecule has 0 spiro atoms. The monoisotopic (exact) mass is 345 g/mol. The Kier molecular flexibility index (Phi) is 4.03. The van der Waals surface area contributed by atoms with Gasteiger partial charge in [0.25, 0.3) is 0 Å². The van der Waals surface area contributed by atoms with E-state index in [2.05, 4.69) is 43.3 Å². The van der Waals surface area contributed by atoms with Gasteiger partial charge in [0, 0.05) is 23.3 Å². The fraction of sp³-hybridized carbons (Fsp3) is 0.529. The van der Waals surface area contributed by atoms with Gasteiger partial charge in [0.1, 0.15) is 5.65 Å². The van der Waals surface area contributed by atoms with Gasteiger partial charge in [-0.25, -0.2) is 4.98 Å². The van der Waals surface area contributed by atoms with E-state index in [-0.39, 0.29) is 22.9 Å². The number of aromatic nitrogens is 2. The van der Waals surface area contributed by atoms with Crippen LogP contribution in [0.3, 0.4) is 0 Å². The summed E-state index contributed by atoms with van der Waals surface area (Å²) in [6.07, 6.45) is 3.02. The van der Waals surface area contributed by atoms with Crippen molar-refractivity contribution >= 4 is 17.2 Å². The largest absolute Gasteiger partial charge is 0.376 e. The molecule has 1 aliphatic rings. The number of piperidine rings is 1. The van der Waals surface area contributed by atoms with Crippen LogP contribution >= 0.6 is 0 Å². The van der Waals surface area contributed by atoms with Crippen molar-refractivity contribution in [3.63, 3.8) is 0 Å². The van der Waals surface area contributed by atoms with Gasteiger partial charge in [-0.1, -0.05) is 6.07 Å². The number of nitro groups is 1. The zero-order chi connectivity index (χ0) is 18.4. The summed E-state index contributed by atoms with van der Waals surface area (Å²) in [5, 5.41) is 18.2. The molecule has 2 N–H and O–H groups in total. The topological polar surface area (TPSA) is 102 Å². The molecule has 0 atom stereocenters. The number of hydrogen-bond acceptors (Lipinski definition) is 6. The van der Waals surface area contributed by atoms with E-state index < -0.39 is 16.2 Å². The molecular formula is C17H23N5O3. The van der Waals surface area contributed by atoms with Crippen molar-refractivity contribution in [2.75, 3.05) is 5.32 Å². The zero-order valence-electron chi connectivity index (χ0n) is 14.9. The quantitative estimate of drug-likeness (QED) is 0.654. The van der Waals surface area contributed by atoms with Crippen molar-refractivity contribution in [3.05, 3.63) is 44.9 Å². The van der Waals surface area contributed by atoms with E-state index in [1.54, 1.807) is 18.2 Å². The first-order chi connectivity index (χ1) is 11.6. The maximum atomic E-state index is 12.5. The lowest BCUT2D eigenvalue weighted by Gasteiger charge is -2.46. The molecule has 8 heteroatoms. The van der Waals surface area contributed by atoms with Crippen LogP contribution in [-0.4, -0.2) is 31.4 Å². The lowest BCUT2D eigenvalue weighted by atomic mass is 9.79. The molecule has 8 nitrogen and oxygen atoms in total. The highest BCUT2D eigenvalue weighted by Crippen LogP contribution is 2.31. The molecule has 3 rings (SSSR count). The highest BCUT2D eigenvalue weighted by molar-refractivity contribution is 5.60. The number of pyridine rings is 1. The van der Waals surface area contributed by atoms with Crippen LogP contribution in [0, 0.1) is 10.1 Å². The van der Waals surface area contributed by atoms with E-state index in [1.807, 2.05) is 0 Å². The number of hydrogen-bond donors (Lipinski definition) is 2. The third-order valence-corrected chi connectivity index (χ3v) is 4.42. The number of anilines is 1. The Labute approximate surface area is 145 Å². The molecule has 0 amide bonds. The van der Waals surface area contributed by atoms with Crippen LogP contribution in [0.1, 0.15) is 40.5 Å². The van der Waals surface area contributed by atoms with E-state index in [0.29, 0.717) is 5.65 Å². The van der Waals surface area contributed by atoms with Gasteiger partial charge < -0.3 is 10.6 Å². The smallest absolute Gasteiger partial charge is 0.361 e.